The van der Waals surface area contributed by atoms with Crippen molar-refractivity contribution in [2.75, 3.05) is 30.2 Å². The molecule has 0 bridgehead atoms. The smallest absolute Gasteiger partial charge is 0.262 e. The van der Waals surface area contributed by atoms with Crippen molar-refractivity contribution < 1.29 is 22.7 Å². The maximum atomic E-state index is 13.0. The third-order valence-electron chi connectivity index (χ3n) is 5.74. The van der Waals surface area contributed by atoms with E-state index < -0.39 is 21.2 Å². The predicted molar refractivity (Wildman–Crippen MR) is 128 cm³/mol. The number of aryl methyl sites for hydroxylation is 1. The molecule has 1 saturated heterocycles. The van der Waals surface area contributed by atoms with E-state index in [1.54, 1.807) is 23.1 Å². The van der Waals surface area contributed by atoms with Crippen LogP contribution in [0.5, 0.6) is 5.75 Å². The largest absolute Gasteiger partial charge is 0.495 e. The van der Waals surface area contributed by atoms with Gasteiger partial charge in [0.2, 0.25) is 11.8 Å². The van der Waals surface area contributed by atoms with Crippen LogP contribution in [0.4, 0.5) is 11.4 Å². The molecular weight excluding hydrogens is 462 g/mol. The summed E-state index contributed by atoms with van der Waals surface area (Å²) in [6.07, 6.45) is 4.08. The minimum Gasteiger partial charge on any atom is -0.495 e. The highest BCUT2D eigenvalue weighted by Crippen LogP contribution is 2.38. The highest BCUT2D eigenvalue weighted by atomic mass is 32.2. The van der Waals surface area contributed by atoms with Gasteiger partial charge < -0.3 is 15.0 Å². The lowest BCUT2D eigenvalue weighted by Gasteiger charge is -2.29. The van der Waals surface area contributed by atoms with Gasteiger partial charge in [-0.25, -0.2) is 8.42 Å². The number of thioether (sulfide) groups is 1. The van der Waals surface area contributed by atoms with Crippen molar-refractivity contribution in [3.63, 3.8) is 0 Å². The van der Waals surface area contributed by atoms with Crippen molar-refractivity contribution in [2.24, 2.45) is 0 Å². The molecule has 0 aliphatic carbocycles. The fourth-order valence-corrected chi connectivity index (χ4v) is 6.12. The predicted octanol–water partition coefficient (Wildman–Crippen LogP) is 3.62. The molecule has 1 atom stereocenters. The van der Waals surface area contributed by atoms with Crippen LogP contribution in [0.1, 0.15) is 31.2 Å². The summed E-state index contributed by atoms with van der Waals surface area (Å²) in [6, 6.07) is 9.72. The zero-order valence-corrected chi connectivity index (χ0v) is 20.2. The molecular formula is C23H27N3O5S2. The molecule has 0 aromatic heterocycles. The summed E-state index contributed by atoms with van der Waals surface area (Å²) in [5.74, 6) is -0.208. The molecule has 2 aliphatic rings. The molecule has 33 heavy (non-hydrogen) atoms. The van der Waals surface area contributed by atoms with Crippen LogP contribution in [0.2, 0.25) is 0 Å². The van der Waals surface area contributed by atoms with Gasteiger partial charge in [-0.05, 0) is 55.7 Å². The first-order valence-electron chi connectivity index (χ1n) is 10.9. The Morgan fingerprint density at radius 2 is 1.85 bits per heavy atom. The van der Waals surface area contributed by atoms with Gasteiger partial charge in [0.1, 0.15) is 5.75 Å². The maximum Gasteiger partial charge on any atom is 0.262 e. The minimum absolute atomic E-state index is 0.00278. The first-order chi connectivity index (χ1) is 15.8. The lowest BCUT2D eigenvalue weighted by molar-refractivity contribution is -0.133. The number of hydrogen-bond acceptors (Lipinski definition) is 6. The molecule has 10 heteroatoms. The molecule has 2 aromatic rings. The van der Waals surface area contributed by atoms with Gasteiger partial charge in [-0.15, -0.1) is 11.8 Å². The van der Waals surface area contributed by atoms with E-state index >= 15 is 0 Å². The Balaban J connectivity index is 1.55. The standard InChI is InChI=1S/C23H27N3O5S2/c1-15-7-9-19(31-2)17(13-15)25-33(29,30)16-8-10-20-18(14-16)24-22(27)21(32-20)23(28)26-11-5-3-4-6-12-26/h7-10,13-14,21,25H,3-6,11-12H2,1-2H3,(H,24,27). The molecule has 2 N–H and O–H groups in total. The van der Waals surface area contributed by atoms with E-state index in [-0.39, 0.29) is 10.8 Å². The van der Waals surface area contributed by atoms with E-state index in [9.17, 15) is 18.0 Å². The number of ether oxygens (including phenoxy) is 1. The van der Waals surface area contributed by atoms with Crippen LogP contribution in [-0.2, 0) is 19.6 Å². The number of nitrogens with one attached hydrogen (secondary N) is 2. The van der Waals surface area contributed by atoms with Crippen LogP contribution >= 0.6 is 11.8 Å². The average molecular weight is 490 g/mol. The fraction of sp³-hybridized carbons (Fsp3) is 0.391. The summed E-state index contributed by atoms with van der Waals surface area (Å²) >= 11 is 1.17. The normalized spacial score (nSPS) is 18.7. The Morgan fingerprint density at radius 3 is 2.55 bits per heavy atom. The van der Waals surface area contributed by atoms with Crippen molar-refractivity contribution in [3.8, 4) is 5.75 Å². The number of anilines is 2. The summed E-state index contributed by atoms with van der Waals surface area (Å²) in [6.45, 7) is 3.19. The van der Waals surface area contributed by atoms with Gasteiger partial charge in [0.15, 0.2) is 5.25 Å². The second-order valence-corrected chi connectivity index (χ2v) is 11.0. The third-order valence-corrected chi connectivity index (χ3v) is 8.37. The fourth-order valence-electron chi connectivity index (χ4n) is 3.98. The molecule has 2 aromatic carbocycles. The highest BCUT2D eigenvalue weighted by molar-refractivity contribution is 8.01. The monoisotopic (exact) mass is 489 g/mol. The molecule has 2 aliphatic heterocycles. The van der Waals surface area contributed by atoms with Gasteiger partial charge in [0, 0.05) is 18.0 Å². The first-order valence-corrected chi connectivity index (χ1v) is 13.2. The van der Waals surface area contributed by atoms with Crippen LogP contribution in [0, 0.1) is 6.92 Å². The van der Waals surface area contributed by atoms with Crippen molar-refractivity contribution in [1.82, 2.24) is 4.90 Å². The Kier molecular flexibility index (Phi) is 6.85. The molecule has 4 rings (SSSR count). The maximum absolute atomic E-state index is 13.0. The topological polar surface area (TPSA) is 105 Å². The summed E-state index contributed by atoms with van der Waals surface area (Å²) in [5.41, 5.74) is 1.59. The molecule has 0 radical (unpaired) electrons. The van der Waals surface area contributed by atoms with Crippen molar-refractivity contribution in [2.45, 2.75) is 47.6 Å². The molecule has 8 nitrogen and oxygen atoms in total. The molecule has 1 unspecified atom stereocenters. The van der Waals surface area contributed by atoms with Gasteiger partial charge >= 0.3 is 0 Å². The highest BCUT2D eigenvalue weighted by Gasteiger charge is 2.36. The average Bonchev–Trinajstić information content (AvgIpc) is 3.07. The molecule has 1 fully saturated rings. The third kappa shape index (κ3) is 5.11. The van der Waals surface area contributed by atoms with E-state index in [0.29, 0.717) is 35.1 Å². The number of carbonyl (C=O) groups excluding carboxylic acids is 2. The number of rotatable bonds is 5. The summed E-state index contributed by atoms with van der Waals surface area (Å²) < 4.78 is 33.8. The quantitative estimate of drug-likeness (QED) is 0.622. The lowest BCUT2D eigenvalue weighted by Crippen LogP contribution is -2.45. The SMILES string of the molecule is COc1ccc(C)cc1NS(=O)(=O)c1ccc2c(c1)NC(=O)C(C(=O)N1CCCCCC1)S2. The molecule has 2 amide bonds. The Morgan fingerprint density at radius 1 is 1.12 bits per heavy atom. The van der Waals surface area contributed by atoms with Crippen molar-refractivity contribution in [3.05, 3.63) is 42.0 Å². The Bertz CT molecular complexity index is 1170. The van der Waals surface area contributed by atoms with E-state index in [1.165, 1.54) is 31.0 Å². The molecule has 0 saturated carbocycles. The summed E-state index contributed by atoms with van der Waals surface area (Å²) in [4.78, 5) is 28.1. The molecule has 2 heterocycles. The second-order valence-electron chi connectivity index (χ2n) is 8.19. The number of nitrogens with zero attached hydrogens (tertiary/aromatic N) is 1. The van der Waals surface area contributed by atoms with Gasteiger partial charge in [0.05, 0.1) is 23.4 Å². The molecule has 176 valence electrons. The van der Waals surface area contributed by atoms with Gasteiger partial charge in [-0.3, -0.25) is 14.3 Å². The number of hydrogen-bond donors (Lipinski definition) is 2. The van der Waals surface area contributed by atoms with Crippen LogP contribution in [0.3, 0.4) is 0 Å². The van der Waals surface area contributed by atoms with Crippen LogP contribution in [-0.4, -0.2) is 50.6 Å². The van der Waals surface area contributed by atoms with Crippen LogP contribution in [0.25, 0.3) is 0 Å². The number of sulfonamides is 1. The number of amides is 2. The van der Waals surface area contributed by atoms with E-state index in [4.69, 9.17) is 4.74 Å². The lowest BCUT2D eigenvalue weighted by atomic mass is 10.2. The van der Waals surface area contributed by atoms with Crippen molar-refractivity contribution >= 4 is 45.0 Å². The zero-order chi connectivity index (χ0) is 23.6. The number of fused-ring (bicyclic) bond motifs is 1. The van der Waals surface area contributed by atoms with Gasteiger partial charge in [-0.1, -0.05) is 18.9 Å². The summed E-state index contributed by atoms with van der Waals surface area (Å²) in [5, 5.41) is 1.86. The summed E-state index contributed by atoms with van der Waals surface area (Å²) in [7, 11) is -2.46. The number of likely N-dealkylation sites (tertiary alicyclic amines) is 1. The van der Waals surface area contributed by atoms with Crippen LogP contribution in [0.15, 0.2) is 46.2 Å². The molecule has 0 spiro atoms. The minimum atomic E-state index is -3.93. The Labute approximate surface area is 198 Å². The van der Waals surface area contributed by atoms with Gasteiger partial charge in [-0.2, -0.15) is 0 Å². The number of benzene rings is 2. The van der Waals surface area contributed by atoms with E-state index in [0.717, 1.165) is 31.2 Å². The zero-order valence-electron chi connectivity index (χ0n) is 18.6. The van der Waals surface area contributed by atoms with E-state index in [2.05, 4.69) is 10.0 Å². The second kappa shape index (κ2) is 9.64. The van der Waals surface area contributed by atoms with E-state index in [1.807, 2.05) is 13.0 Å². The van der Waals surface area contributed by atoms with Crippen LogP contribution < -0.4 is 14.8 Å². The first kappa shape index (κ1) is 23.4. The number of carbonyl (C=O) groups is 2. The van der Waals surface area contributed by atoms with Gasteiger partial charge in [0.25, 0.3) is 10.0 Å². The van der Waals surface area contributed by atoms with Crippen molar-refractivity contribution in [1.29, 1.82) is 0 Å². The Hall–Kier alpha value is -2.72. The number of methoxy groups -OCH3 is 1.